The van der Waals surface area contributed by atoms with Gasteiger partial charge in [0, 0.05) is 56.7 Å². The zero-order valence-corrected chi connectivity index (χ0v) is 25.7. The smallest absolute Gasteiger partial charge is 0.194 e. The van der Waals surface area contributed by atoms with E-state index in [1.807, 2.05) is 25.1 Å². The van der Waals surface area contributed by atoms with E-state index in [4.69, 9.17) is 14.2 Å². The summed E-state index contributed by atoms with van der Waals surface area (Å²) >= 11 is 0. The van der Waals surface area contributed by atoms with E-state index in [2.05, 4.69) is 5.32 Å². The molecule has 10 nitrogen and oxygen atoms in total. The minimum absolute atomic E-state index is 0.00285. The van der Waals surface area contributed by atoms with Gasteiger partial charge < -0.3 is 34.6 Å². The molecule has 6 rings (SSSR count). The molecule has 1 aliphatic carbocycles. The lowest BCUT2D eigenvalue weighted by atomic mass is 9.80. The molecule has 0 spiro atoms. The van der Waals surface area contributed by atoms with E-state index in [0.717, 1.165) is 13.0 Å². The molecule has 0 radical (unpaired) electrons. The van der Waals surface area contributed by atoms with E-state index in [9.17, 15) is 24.6 Å². The van der Waals surface area contributed by atoms with E-state index in [1.165, 1.54) is 40.4 Å². The van der Waals surface area contributed by atoms with Gasteiger partial charge in [0.1, 0.15) is 17.3 Å². The molecule has 0 bridgehead atoms. The molecule has 5 aromatic rings. The zero-order chi connectivity index (χ0) is 31.8. The summed E-state index contributed by atoms with van der Waals surface area (Å²) in [6.45, 7) is 4.54. The number of fused-ring (bicyclic) bond motifs is 1. The van der Waals surface area contributed by atoms with Crippen molar-refractivity contribution in [2.45, 2.75) is 26.2 Å². The second-order valence-electron chi connectivity index (χ2n) is 11.6. The Kier molecular flexibility index (Phi) is 6.92. The number of ether oxygens (including phenoxy) is 3. The van der Waals surface area contributed by atoms with Crippen LogP contribution in [0.5, 0.6) is 28.7 Å². The van der Waals surface area contributed by atoms with Crippen molar-refractivity contribution in [3.8, 4) is 28.7 Å². The number of nitrogens with zero attached hydrogens (tertiary/aromatic N) is 1. The maximum absolute atomic E-state index is 13.8. The fraction of sp³-hybridized carbons (Fsp3) is 0.324. The normalized spacial score (nSPS) is 14.6. The SMILES string of the molecule is COc1c(O)c2c(=O)cc(OC)c3c4c(OC)cc(=O)c5c(O)c(NCCCN(C)C)c6c(c(c1C(C(C)=O)C(C)=C6)c23)c54. The molecule has 1 atom stereocenters. The largest absolute Gasteiger partial charge is 0.505 e. The molecule has 0 aliphatic heterocycles. The van der Waals surface area contributed by atoms with E-state index in [0.29, 0.717) is 61.2 Å². The first kappa shape index (κ1) is 29.3. The zero-order valence-electron chi connectivity index (χ0n) is 25.7. The molecule has 0 aromatic heterocycles. The molecule has 228 valence electrons. The Labute approximate surface area is 252 Å². The number of anilines is 1. The van der Waals surface area contributed by atoms with Gasteiger partial charge in [-0.1, -0.05) is 11.6 Å². The van der Waals surface area contributed by atoms with Crippen LogP contribution in [0.25, 0.3) is 49.2 Å². The number of carbonyl (C=O) groups excluding carboxylic acids is 1. The second kappa shape index (κ2) is 10.4. The predicted molar refractivity (Wildman–Crippen MR) is 173 cm³/mol. The third-order valence-corrected chi connectivity index (χ3v) is 8.74. The summed E-state index contributed by atoms with van der Waals surface area (Å²) in [5.41, 5.74) is 0.919. The van der Waals surface area contributed by atoms with Crippen LogP contribution >= 0.6 is 0 Å². The number of aromatic hydroxyl groups is 2. The fourth-order valence-electron chi connectivity index (χ4n) is 7.06. The van der Waals surface area contributed by atoms with Crippen molar-refractivity contribution >= 4 is 60.6 Å². The number of phenols is 2. The van der Waals surface area contributed by atoms with Crippen molar-refractivity contribution < 1.29 is 29.2 Å². The summed E-state index contributed by atoms with van der Waals surface area (Å²) in [7, 11) is 8.18. The number of methoxy groups -OCH3 is 3. The lowest BCUT2D eigenvalue weighted by Gasteiger charge is -2.25. The minimum atomic E-state index is -0.866. The van der Waals surface area contributed by atoms with Gasteiger partial charge in [-0.3, -0.25) is 14.4 Å². The Hall–Kier alpha value is -4.83. The lowest BCUT2D eigenvalue weighted by Crippen LogP contribution is -2.17. The highest BCUT2D eigenvalue weighted by Gasteiger charge is 2.37. The number of hydrogen-bond acceptors (Lipinski definition) is 10. The third-order valence-electron chi connectivity index (χ3n) is 8.74. The van der Waals surface area contributed by atoms with Crippen molar-refractivity contribution in [1.29, 1.82) is 0 Å². The number of ketones is 1. The summed E-state index contributed by atoms with van der Waals surface area (Å²) in [6.07, 6.45) is 2.58. The summed E-state index contributed by atoms with van der Waals surface area (Å²) in [6, 6.07) is 2.58. The van der Waals surface area contributed by atoms with Gasteiger partial charge in [0.2, 0.25) is 0 Å². The van der Waals surface area contributed by atoms with Gasteiger partial charge in [-0.05, 0) is 46.3 Å². The molecule has 0 saturated heterocycles. The van der Waals surface area contributed by atoms with Crippen LogP contribution in [0.1, 0.15) is 37.3 Å². The predicted octanol–water partition coefficient (Wildman–Crippen LogP) is 4.79. The van der Waals surface area contributed by atoms with Crippen LogP contribution in [0.4, 0.5) is 5.69 Å². The molecule has 0 saturated carbocycles. The highest BCUT2D eigenvalue weighted by molar-refractivity contribution is 6.40. The number of Topliss-reactive ketones (excluding diaryl/α,β-unsaturated/α-hetero) is 1. The number of phenolic OH excluding ortho intramolecular Hbond substituents is 2. The lowest BCUT2D eigenvalue weighted by molar-refractivity contribution is -0.117. The quantitative estimate of drug-likeness (QED) is 0.0941. The Balaban J connectivity index is 2.01. The summed E-state index contributed by atoms with van der Waals surface area (Å²) in [5.74, 6) is -1.30. The summed E-state index contributed by atoms with van der Waals surface area (Å²) in [4.78, 5) is 42.9. The van der Waals surface area contributed by atoms with Crippen molar-refractivity contribution in [3.63, 3.8) is 0 Å². The topological polar surface area (TPSA) is 135 Å². The first-order valence-electron chi connectivity index (χ1n) is 14.3. The monoisotopic (exact) mass is 598 g/mol. The van der Waals surface area contributed by atoms with E-state index in [1.54, 1.807) is 6.92 Å². The van der Waals surface area contributed by atoms with Gasteiger partial charge in [-0.2, -0.15) is 0 Å². The molecule has 0 amide bonds. The Bertz CT molecular complexity index is 2170. The number of carbonyl (C=O) groups is 1. The molecular weight excluding hydrogens is 564 g/mol. The second-order valence-corrected chi connectivity index (χ2v) is 11.6. The van der Waals surface area contributed by atoms with Crippen LogP contribution in [-0.2, 0) is 4.79 Å². The maximum atomic E-state index is 13.8. The number of benzene rings is 5. The van der Waals surface area contributed by atoms with Crippen LogP contribution < -0.4 is 30.4 Å². The number of hydrogen-bond donors (Lipinski definition) is 3. The highest BCUT2D eigenvalue weighted by atomic mass is 16.5. The van der Waals surface area contributed by atoms with Crippen LogP contribution in [0.3, 0.4) is 0 Å². The summed E-state index contributed by atoms with van der Waals surface area (Å²) < 4.78 is 17.2. The average Bonchev–Trinajstić information content (AvgIpc) is 3.10. The van der Waals surface area contributed by atoms with E-state index < -0.39 is 22.5 Å². The van der Waals surface area contributed by atoms with Crippen LogP contribution in [0, 0.1) is 0 Å². The maximum Gasteiger partial charge on any atom is 0.194 e. The van der Waals surface area contributed by atoms with E-state index in [-0.39, 0.29) is 39.6 Å². The van der Waals surface area contributed by atoms with Gasteiger partial charge in [0.05, 0.1) is 43.7 Å². The van der Waals surface area contributed by atoms with Crippen molar-refractivity contribution in [1.82, 2.24) is 4.90 Å². The molecule has 44 heavy (non-hydrogen) atoms. The van der Waals surface area contributed by atoms with Crippen LogP contribution in [0.15, 0.2) is 27.3 Å². The van der Waals surface area contributed by atoms with E-state index >= 15 is 0 Å². The van der Waals surface area contributed by atoms with Crippen molar-refractivity contribution in [2.75, 3.05) is 53.8 Å². The van der Waals surface area contributed by atoms with Gasteiger partial charge >= 0.3 is 0 Å². The highest BCUT2D eigenvalue weighted by Crippen LogP contribution is 2.58. The first-order valence-corrected chi connectivity index (χ1v) is 14.3. The molecular formula is C34H34N2O8. The molecule has 1 aliphatic rings. The number of nitrogens with one attached hydrogen (secondary N) is 1. The third kappa shape index (κ3) is 3.86. The molecule has 0 fully saturated rings. The molecule has 3 N–H and O–H groups in total. The minimum Gasteiger partial charge on any atom is -0.505 e. The standard InChI is InChI=1S/C34H34N2O8/c1-14-11-16-22-27-23(32(40)31(16)35-9-8-10-36(3)4)17(38)12-19(42-5)25(27)26-20(43-6)13-18(39)24-29(26)28(22)30(21(14)15(2)37)34(44-7)33(24)41/h11-13,21,35,40-41H,8-10H2,1-7H3. The van der Waals surface area contributed by atoms with Crippen molar-refractivity contribution in [2.24, 2.45) is 0 Å². The number of rotatable bonds is 9. The molecule has 5 aromatic carbocycles. The fourth-order valence-corrected chi connectivity index (χ4v) is 7.06. The molecule has 1 unspecified atom stereocenters. The Morgan fingerprint density at radius 2 is 1.41 bits per heavy atom. The van der Waals surface area contributed by atoms with Gasteiger partial charge in [-0.15, -0.1) is 0 Å². The van der Waals surface area contributed by atoms with Gasteiger partial charge in [0.25, 0.3) is 0 Å². The first-order chi connectivity index (χ1) is 21.0. The van der Waals surface area contributed by atoms with Crippen LogP contribution in [-0.4, -0.2) is 69.4 Å². The Morgan fingerprint density at radius 1 is 0.841 bits per heavy atom. The van der Waals surface area contributed by atoms with Crippen LogP contribution in [0.2, 0.25) is 0 Å². The summed E-state index contributed by atoms with van der Waals surface area (Å²) in [5, 5.41) is 29.5. The van der Waals surface area contributed by atoms with Crippen molar-refractivity contribution in [3.05, 3.63) is 49.3 Å². The van der Waals surface area contributed by atoms with Gasteiger partial charge in [-0.25, -0.2) is 0 Å². The van der Waals surface area contributed by atoms with Gasteiger partial charge in [0.15, 0.2) is 28.1 Å². The molecule has 0 heterocycles. The Morgan fingerprint density at radius 3 is 1.93 bits per heavy atom. The molecule has 10 heteroatoms. The number of allylic oxidation sites excluding steroid dienone is 1. The average molecular weight is 599 g/mol.